The van der Waals surface area contributed by atoms with E-state index in [1.165, 1.54) is 47.8 Å². The minimum absolute atomic E-state index is 0.0748. The summed E-state index contributed by atoms with van der Waals surface area (Å²) in [6.45, 7) is -0.150. The van der Waals surface area contributed by atoms with Crippen LogP contribution in [0.25, 0.3) is 0 Å². The molecule has 0 saturated heterocycles. The number of hydrogen-bond donors (Lipinski definition) is 1. The van der Waals surface area contributed by atoms with Gasteiger partial charge in [-0.05, 0) is 12.1 Å². The van der Waals surface area contributed by atoms with Gasteiger partial charge in [0.2, 0.25) is 0 Å². The highest BCUT2D eigenvalue weighted by Gasteiger charge is 2.37. The van der Waals surface area contributed by atoms with Crippen molar-refractivity contribution in [3.63, 3.8) is 0 Å². The van der Waals surface area contributed by atoms with Gasteiger partial charge in [-0.3, -0.25) is 0 Å². The lowest BCUT2D eigenvalue weighted by molar-refractivity contribution is -0.137. The van der Waals surface area contributed by atoms with Crippen molar-refractivity contribution in [2.75, 3.05) is 7.11 Å². The molecule has 11 heteroatoms. The quantitative estimate of drug-likeness (QED) is 0.709. The minimum Gasteiger partial charge on any atom is -0.496 e. The first-order valence-electron chi connectivity index (χ1n) is 7.45. The number of hydrogen-bond acceptors (Lipinski definition) is 6. The van der Waals surface area contributed by atoms with E-state index in [4.69, 9.17) is 4.74 Å². The summed E-state index contributed by atoms with van der Waals surface area (Å²) < 4.78 is 46.8. The maximum Gasteiger partial charge on any atom is 0.416 e. The second kappa shape index (κ2) is 6.75. The van der Waals surface area contributed by atoms with Crippen molar-refractivity contribution in [2.24, 2.45) is 0 Å². The van der Waals surface area contributed by atoms with Gasteiger partial charge in [0.05, 0.1) is 25.8 Å². The second-order valence-electron chi connectivity index (χ2n) is 5.63. The number of ether oxygens (including phenoxy) is 1. The number of methoxy groups -OCH3 is 1. The zero-order chi connectivity index (χ0) is 18.8. The molecule has 0 radical (unpaired) electrons. The predicted octanol–water partition coefficient (Wildman–Crippen LogP) is 1.48. The van der Waals surface area contributed by atoms with Crippen molar-refractivity contribution in [2.45, 2.75) is 24.9 Å². The van der Waals surface area contributed by atoms with E-state index >= 15 is 0 Å². The van der Waals surface area contributed by atoms with Crippen LogP contribution in [0.4, 0.5) is 13.2 Å². The summed E-state index contributed by atoms with van der Waals surface area (Å²) in [5.41, 5.74) is -2.38. The summed E-state index contributed by atoms with van der Waals surface area (Å²) in [6.07, 6.45) is 0.840. The van der Waals surface area contributed by atoms with Gasteiger partial charge >= 0.3 is 6.18 Å². The van der Waals surface area contributed by atoms with Gasteiger partial charge in [0.1, 0.15) is 36.7 Å². The van der Waals surface area contributed by atoms with Gasteiger partial charge in [-0.25, -0.2) is 19.3 Å². The molecule has 26 heavy (non-hydrogen) atoms. The van der Waals surface area contributed by atoms with Crippen molar-refractivity contribution < 1.29 is 23.0 Å². The number of nitrogens with zero attached hydrogens (tertiary/aromatic N) is 6. The lowest BCUT2D eigenvalue weighted by Gasteiger charge is -2.30. The SMILES string of the molecule is COc1cc(C(F)(F)F)ccc1C(O)(Cn1cncn1)Cn1cncn1. The third-order valence-electron chi connectivity index (χ3n) is 3.81. The van der Waals surface area contributed by atoms with Crippen molar-refractivity contribution in [3.05, 3.63) is 54.6 Å². The zero-order valence-corrected chi connectivity index (χ0v) is 13.6. The van der Waals surface area contributed by atoms with Gasteiger partial charge in [0, 0.05) is 5.56 Å². The largest absolute Gasteiger partial charge is 0.496 e. The van der Waals surface area contributed by atoms with Crippen molar-refractivity contribution in [3.8, 4) is 5.75 Å². The van der Waals surface area contributed by atoms with E-state index in [2.05, 4.69) is 20.2 Å². The number of alkyl halides is 3. The van der Waals surface area contributed by atoms with Crippen molar-refractivity contribution in [1.82, 2.24) is 29.5 Å². The topological polar surface area (TPSA) is 90.9 Å². The molecule has 0 fully saturated rings. The smallest absolute Gasteiger partial charge is 0.416 e. The molecule has 0 saturated carbocycles. The molecule has 138 valence electrons. The summed E-state index contributed by atoms with van der Waals surface area (Å²) in [6, 6.07) is 2.93. The van der Waals surface area contributed by atoms with Crippen LogP contribution in [0.5, 0.6) is 5.75 Å². The van der Waals surface area contributed by atoms with Gasteiger partial charge in [-0.15, -0.1) is 0 Å². The predicted molar refractivity (Wildman–Crippen MR) is 81.9 cm³/mol. The Morgan fingerprint density at radius 1 is 1.04 bits per heavy atom. The Balaban J connectivity index is 2.05. The van der Waals surface area contributed by atoms with E-state index in [0.717, 1.165) is 12.1 Å². The number of benzene rings is 1. The Morgan fingerprint density at radius 3 is 2.04 bits per heavy atom. The number of aliphatic hydroxyl groups is 1. The molecule has 0 amide bonds. The van der Waals surface area contributed by atoms with Crippen LogP contribution in [0.2, 0.25) is 0 Å². The second-order valence-corrected chi connectivity index (χ2v) is 5.63. The molecule has 0 spiro atoms. The van der Waals surface area contributed by atoms with Gasteiger partial charge in [-0.1, -0.05) is 6.07 Å². The Morgan fingerprint density at radius 2 is 1.62 bits per heavy atom. The normalized spacial score (nSPS) is 12.3. The summed E-state index contributed by atoms with van der Waals surface area (Å²) in [4.78, 5) is 7.62. The molecular formula is C15H15F3N6O2. The van der Waals surface area contributed by atoms with Crippen LogP contribution in [0.15, 0.2) is 43.5 Å². The maximum absolute atomic E-state index is 13.0. The summed E-state index contributed by atoms with van der Waals surface area (Å²) >= 11 is 0. The molecule has 0 atom stereocenters. The van der Waals surface area contributed by atoms with Crippen LogP contribution in [0, 0.1) is 0 Å². The van der Waals surface area contributed by atoms with Crippen molar-refractivity contribution in [1.29, 1.82) is 0 Å². The minimum atomic E-state index is -4.53. The maximum atomic E-state index is 13.0. The van der Waals surface area contributed by atoms with Crippen LogP contribution < -0.4 is 4.74 Å². The van der Waals surface area contributed by atoms with Gasteiger partial charge in [0.15, 0.2) is 0 Å². The molecule has 1 N–H and O–H groups in total. The van der Waals surface area contributed by atoms with E-state index in [0.29, 0.717) is 0 Å². The summed E-state index contributed by atoms with van der Waals surface area (Å²) in [5, 5.41) is 19.2. The fourth-order valence-electron chi connectivity index (χ4n) is 2.64. The van der Waals surface area contributed by atoms with Crippen LogP contribution in [-0.2, 0) is 24.9 Å². The number of rotatable bonds is 6. The third kappa shape index (κ3) is 3.67. The molecule has 0 bridgehead atoms. The van der Waals surface area contributed by atoms with E-state index in [-0.39, 0.29) is 24.4 Å². The van der Waals surface area contributed by atoms with Crippen LogP contribution >= 0.6 is 0 Å². The molecule has 3 aromatic rings. The third-order valence-corrected chi connectivity index (χ3v) is 3.81. The Hall–Kier alpha value is -2.95. The molecule has 0 unspecified atom stereocenters. The van der Waals surface area contributed by atoms with Crippen molar-refractivity contribution >= 4 is 0 Å². The monoisotopic (exact) mass is 368 g/mol. The number of aromatic nitrogens is 6. The molecule has 2 heterocycles. The van der Waals surface area contributed by atoms with Crippen LogP contribution in [-0.4, -0.2) is 41.7 Å². The lowest BCUT2D eigenvalue weighted by Crippen LogP contribution is -2.37. The van der Waals surface area contributed by atoms with E-state index < -0.39 is 17.3 Å². The van der Waals surface area contributed by atoms with Crippen LogP contribution in [0.1, 0.15) is 11.1 Å². The van der Waals surface area contributed by atoms with Gasteiger partial charge < -0.3 is 9.84 Å². The molecule has 3 rings (SSSR count). The Bertz CT molecular complexity index is 813. The van der Waals surface area contributed by atoms with Gasteiger partial charge in [0.25, 0.3) is 0 Å². The molecule has 8 nitrogen and oxygen atoms in total. The molecule has 0 aliphatic carbocycles. The molecule has 1 aromatic carbocycles. The molecule has 0 aliphatic heterocycles. The summed E-state index contributed by atoms with van der Waals surface area (Å²) in [5.74, 6) is -0.0949. The van der Waals surface area contributed by atoms with Gasteiger partial charge in [-0.2, -0.15) is 23.4 Å². The average molecular weight is 368 g/mol. The highest BCUT2D eigenvalue weighted by molar-refractivity contribution is 5.42. The fraction of sp³-hybridized carbons (Fsp3) is 0.333. The lowest BCUT2D eigenvalue weighted by atomic mass is 9.91. The highest BCUT2D eigenvalue weighted by atomic mass is 19.4. The Labute approximate surface area is 145 Å². The van der Waals surface area contributed by atoms with Crippen LogP contribution in [0.3, 0.4) is 0 Å². The standard InChI is InChI=1S/C15H15F3N6O2/c1-26-13-4-11(15(16,17)18)2-3-12(13)14(25,5-23-9-19-7-21-23)6-24-10-20-8-22-24/h2-4,7-10,25H,5-6H2,1H3. The summed E-state index contributed by atoms with van der Waals surface area (Å²) in [7, 11) is 1.24. The first kappa shape index (κ1) is 17.9. The zero-order valence-electron chi connectivity index (χ0n) is 13.6. The first-order valence-corrected chi connectivity index (χ1v) is 7.45. The van der Waals surface area contributed by atoms with E-state index in [1.807, 2.05) is 0 Å². The molecular weight excluding hydrogens is 353 g/mol. The first-order chi connectivity index (χ1) is 12.3. The Kier molecular flexibility index (Phi) is 4.64. The van der Waals surface area contributed by atoms with E-state index in [1.54, 1.807) is 0 Å². The average Bonchev–Trinajstić information content (AvgIpc) is 3.27. The highest BCUT2D eigenvalue weighted by Crippen LogP contribution is 2.38. The molecule has 0 aliphatic rings. The fourth-order valence-corrected chi connectivity index (χ4v) is 2.64. The number of halogens is 3. The molecule has 2 aromatic heterocycles. The van der Waals surface area contributed by atoms with E-state index in [9.17, 15) is 18.3 Å².